The molecule has 0 radical (unpaired) electrons. The average Bonchev–Trinajstić information content (AvgIpc) is 2.75. The zero-order valence-corrected chi connectivity index (χ0v) is 11.4. The third-order valence-electron chi connectivity index (χ3n) is 2.84. The lowest BCUT2D eigenvalue weighted by atomic mass is 10.1. The van der Waals surface area contributed by atoms with Crippen LogP contribution < -0.4 is 5.32 Å². The number of carbonyl (C=O) groups is 1. The molecule has 18 heavy (non-hydrogen) atoms. The van der Waals surface area contributed by atoms with Crippen LogP contribution in [0.2, 0.25) is 0 Å². The fourth-order valence-corrected chi connectivity index (χ4v) is 2.56. The van der Waals surface area contributed by atoms with E-state index in [1.807, 2.05) is 31.2 Å². The van der Waals surface area contributed by atoms with Crippen molar-refractivity contribution in [1.82, 2.24) is 4.98 Å². The Morgan fingerprint density at radius 3 is 2.83 bits per heavy atom. The number of hydrogen-bond donors (Lipinski definition) is 1. The molecule has 2 aromatic rings. The van der Waals surface area contributed by atoms with Crippen molar-refractivity contribution in [2.24, 2.45) is 0 Å². The Hall–Kier alpha value is -1.68. The number of rotatable bonds is 4. The second-order valence-corrected chi connectivity index (χ2v) is 5.04. The van der Waals surface area contributed by atoms with Crippen LogP contribution in [0.25, 0.3) is 0 Å². The Bertz CT molecular complexity index is 548. The van der Waals surface area contributed by atoms with E-state index in [0.717, 1.165) is 28.2 Å². The van der Waals surface area contributed by atoms with Gasteiger partial charge in [-0.25, -0.2) is 4.98 Å². The molecule has 1 aromatic heterocycles. The monoisotopic (exact) mass is 260 g/mol. The molecule has 0 fully saturated rings. The van der Waals surface area contributed by atoms with Crippen molar-refractivity contribution in [1.29, 1.82) is 0 Å². The van der Waals surface area contributed by atoms with Crippen LogP contribution in [0.3, 0.4) is 0 Å². The minimum absolute atomic E-state index is 0.0169. The minimum Gasteiger partial charge on any atom is -0.326 e. The van der Waals surface area contributed by atoms with E-state index >= 15 is 0 Å². The SMILES string of the molecule is CCc1ccccc1NC(=O)Cc1scnc1C. The molecular weight excluding hydrogens is 244 g/mol. The van der Waals surface area contributed by atoms with Gasteiger partial charge in [0.05, 0.1) is 17.6 Å². The number of nitrogens with one attached hydrogen (secondary N) is 1. The van der Waals surface area contributed by atoms with Crippen LogP contribution in [0.5, 0.6) is 0 Å². The van der Waals surface area contributed by atoms with Crippen molar-refractivity contribution in [2.45, 2.75) is 26.7 Å². The number of thiazole rings is 1. The van der Waals surface area contributed by atoms with Crippen molar-refractivity contribution in [3.8, 4) is 0 Å². The molecule has 0 saturated heterocycles. The summed E-state index contributed by atoms with van der Waals surface area (Å²) in [4.78, 5) is 17.1. The number of benzene rings is 1. The number of hydrogen-bond acceptors (Lipinski definition) is 3. The van der Waals surface area contributed by atoms with Gasteiger partial charge in [-0.05, 0) is 25.0 Å². The molecule has 4 heteroatoms. The smallest absolute Gasteiger partial charge is 0.229 e. The molecule has 94 valence electrons. The quantitative estimate of drug-likeness (QED) is 0.917. The fourth-order valence-electron chi connectivity index (χ4n) is 1.79. The van der Waals surface area contributed by atoms with Crippen LogP contribution in [0, 0.1) is 6.92 Å². The van der Waals surface area contributed by atoms with Gasteiger partial charge in [0.15, 0.2) is 0 Å². The number of aromatic nitrogens is 1. The van der Waals surface area contributed by atoms with E-state index in [-0.39, 0.29) is 5.91 Å². The van der Waals surface area contributed by atoms with Gasteiger partial charge in [-0.1, -0.05) is 25.1 Å². The maximum absolute atomic E-state index is 12.0. The van der Waals surface area contributed by atoms with Gasteiger partial charge in [-0.15, -0.1) is 11.3 Å². The van der Waals surface area contributed by atoms with Crippen LogP contribution in [-0.2, 0) is 17.6 Å². The highest BCUT2D eigenvalue weighted by molar-refractivity contribution is 7.09. The van der Waals surface area contributed by atoms with Gasteiger partial charge >= 0.3 is 0 Å². The first-order valence-corrected chi connectivity index (χ1v) is 6.85. The van der Waals surface area contributed by atoms with E-state index in [9.17, 15) is 4.79 Å². The van der Waals surface area contributed by atoms with Gasteiger partial charge in [-0.2, -0.15) is 0 Å². The molecule has 0 atom stereocenters. The molecule has 0 aliphatic carbocycles. The summed E-state index contributed by atoms with van der Waals surface area (Å²) < 4.78 is 0. The molecule has 0 aliphatic heterocycles. The highest BCUT2D eigenvalue weighted by Gasteiger charge is 2.09. The minimum atomic E-state index is 0.0169. The number of anilines is 1. The van der Waals surface area contributed by atoms with Gasteiger partial charge in [-0.3, -0.25) is 4.79 Å². The molecule has 1 N–H and O–H groups in total. The van der Waals surface area contributed by atoms with E-state index in [1.165, 1.54) is 11.3 Å². The molecule has 1 aromatic carbocycles. The van der Waals surface area contributed by atoms with Crippen molar-refractivity contribution >= 4 is 22.9 Å². The average molecular weight is 260 g/mol. The largest absolute Gasteiger partial charge is 0.326 e. The Morgan fingerprint density at radius 1 is 1.39 bits per heavy atom. The predicted octanol–water partition coefficient (Wildman–Crippen LogP) is 3.20. The maximum atomic E-state index is 12.0. The van der Waals surface area contributed by atoms with Crippen molar-refractivity contribution in [3.63, 3.8) is 0 Å². The van der Waals surface area contributed by atoms with Crippen molar-refractivity contribution in [2.75, 3.05) is 5.32 Å². The van der Waals surface area contributed by atoms with Gasteiger partial charge in [0.25, 0.3) is 0 Å². The van der Waals surface area contributed by atoms with E-state index in [4.69, 9.17) is 0 Å². The molecule has 1 amide bonds. The van der Waals surface area contributed by atoms with Gasteiger partial charge in [0, 0.05) is 10.6 Å². The Morgan fingerprint density at radius 2 is 2.17 bits per heavy atom. The second kappa shape index (κ2) is 5.78. The molecule has 1 heterocycles. The zero-order chi connectivity index (χ0) is 13.0. The summed E-state index contributed by atoms with van der Waals surface area (Å²) >= 11 is 1.53. The second-order valence-electron chi connectivity index (χ2n) is 4.10. The van der Waals surface area contributed by atoms with E-state index in [0.29, 0.717) is 6.42 Å². The summed E-state index contributed by atoms with van der Waals surface area (Å²) in [5.74, 6) is 0.0169. The first-order valence-electron chi connectivity index (χ1n) is 5.97. The third-order valence-corrected chi connectivity index (χ3v) is 3.77. The lowest BCUT2D eigenvalue weighted by Crippen LogP contribution is -2.15. The maximum Gasteiger partial charge on any atom is 0.229 e. The molecule has 0 bridgehead atoms. The summed E-state index contributed by atoms with van der Waals surface area (Å²) in [5.41, 5.74) is 4.79. The summed E-state index contributed by atoms with van der Waals surface area (Å²) in [7, 11) is 0. The van der Waals surface area contributed by atoms with Crippen LogP contribution in [0.15, 0.2) is 29.8 Å². The van der Waals surface area contributed by atoms with Crippen LogP contribution in [-0.4, -0.2) is 10.9 Å². The number of para-hydroxylation sites is 1. The molecule has 0 unspecified atom stereocenters. The summed E-state index contributed by atoms with van der Waals surface area (Å²) in [6, 6.07) is 7.90. The molecule has 3 nitrogen and oxygen atoms in total. The van der Waals surface area contributed by atoms with Gasteiger partial charge < -0.3 is 5.32 Å². The van der Waals surface area contributed by atoms with E-state index in [1.54, 1.807) is 5.51 Å². The number of carbonyl (C=O) groups excluding carboxylic acids is 1. The van der Waals surface area contributed by atoms with E-state index < -0.39 is 0 Å². The first kappa shape index (κ1) is 12.8. The fraction of sp³-hybridized carbons (Fsp3) is 0.286. The molecular formula is C14H16N2OS. The lowest BCUT2D eigenvalue weighted by Gasteiger charge is -2.09. The number of nitrogens with zero attached hydrogens (tertiary/aromatic N) is 1. The van der Waals surface area contributed by atoms with Gasteiger partial charge in [0.2, 0.25) is 5.91 Å². The Kier molecular flexibility index (Phi) is 4.10. The normalized spacial score (nSPS) is 10.3. The third kappa shape index (κ3) is 2.96. The molecule has 0 spiro atoms. The zero-order valence-electron chi connectivity index (χ0n) is 10.6. The number of aryl methyl sites for hydroxylation is 2. The Balaban J connectivity index is 2.05. The summed E-state index contributed by atoms with van der Waals surface area (Å²) in [6.07, 6.45) is 1.31. The van der Waals surface area contributed by atoms with Crippen molar-refractivity contribution < 1.29 is 4.79 Å². The highest BCUT2D eigenvalue weighted by atomic mass is 32.1. The summed E-state index contributed by atoms with van der Waals surface area (Å²) in [6.45, 7) is 4.01. The highest BCUT2D eigenvalue weighted by Crippen LogP contribution is 2.17. The topological polar surface area (TPSA) is 42.0 Å². The Labute approximate surface area is 111 Å². The summed E-state index contributed by atoms with van der Waals surface area (Å²) in [5, 5.41) is 2.97. The van der Waals surface area contributed by atoms with Crippen LogP contribution >= 0.6 is 11.3 Å². The first-order chi connectivity index (χ1) is 8.70. The van der Waals surface area contributed by atoms with Crippen LogP contribution in [0.4, 0.5) is 5.69 Å². The van der Waals surface area contributed by atoms with Crippen LogP contribution in [0.1, 0.15) is 23.1 Å². The van der Waals surface area contributed by atoms with Crippen molar-refractivity contribution in [3.05, 3.63) is 45.9 Å². The van der Waals surface area contributed by atoms with Gasteiger partial charge in [0.1, 0.15) is 0 Å². The standard InChI is InChI=1S/C14H16N2OS/c1-3-11-6-4-5-7-12(11)16-14(17)8-13-10(2)15-9-18-13/h4-7,9H,3,8H2,1-2H3,(H,16,17). The van der Waals surface area contributed by atoms with E-state index in [2.05, 4.69) is 17.2 Å². The molecule has 0 saturated carbocycles. The number of amides is 1. The molecule has 0 aliphatic rings. The predicted molar refractivity (Wildman–Crippen MR) is 75.0 cm³/mol. The lowest BCUT2D eigenvalue weighted by molar-refractivity contribution is -0.115. The molecule has 2 rings (SSSR count).